The van der Waals surface area contributed by atoms with Crippen molar-refractivity contribution < 1.29 is 23.4 Å². The Kier molecular flexibility index (Phi) is 6.40. The van der Waals surface area contributed by atoms with Crippen molar-refractivity contribution in [2.45, 2.75) is 68.2 Å². The Morgan fingerprint density at radius 3 is 2.89 bits per heavy atom. The van der Waals surface area contributed by atoms with Crippen molar-refractivity contribution in [2.24, 2.45) is 0 Å². The van der Waals surface area contributed by atoms with E-state index in [-0.39, 0.29) is 58.9 Å². The molecule has 4 fully saturated rings. The molecule has 4 aromatic rings. The zero-order chi connectivity index (χ0) is 31.2. The van der Waals surface area contributed by atoms with Crippen LogP contribution in [0.4, 0.5) is 14.6 Å². The van der Waals surface area contributed by atoms with Crippen LogP contribution < -0.4 is 19.7 Å². The normalized spacial score (nSPS) is 28.2. The Hall–Kier alpha value is -4.11. The third-order valence-electron chi connectivity index (χ3n) is 11.0. The summed E-state index contributed by atoms with van der Waals surface area (Å²) in [4.78, 5) is 19.0. The van der Waals surface area contributed by atoms with Gasteiger partial charge in [0.1, 0.15) is 41.4 Å². The summed E-state index contributed by atoms with van der Waals surface area (Å²) in [6.45, 7) is 2.42. The number of hydrogen-bond donors (Lipinski definition) is 2. The van der Waals surface area contributed by atoms with E-state index in [1.165, 1.54) is 6.07 Å². The van der Waals surface area contributed by atoms with Crippen LogP contribution >= 0.6 is 0 Å². The van der Waals surface area contributed by atoms with Gasteiger partial charge in [0.2, 0.25) is 5.88 Å². The Balaban J connectivity index is 1.22. The van der Waals surface area contributed by atoms with Gasteiger partial charge < -0.3 is 24.8 Å². The number of aliphatic hydroxyl groups excluding tert-OH is 1. The van der Waals surface area contributed by atoms with Crippen LogP contribution in [0.2, 0.25) is 0 Å². The van der Waals surface area contributed by atoms with Crippen molar-refractivity contribution in [1.82, 2.24) is 25.2 Å². The second-order valence-electron chi connectivity index (χ2n) is 13.4. The van der Waals surface area contributed by atoms with Crippen molar-refractivity contribution in [2.75, 3.05) is 37.8 Å². The third-order valence-corrected chi connectivity index (χ3v) is 11.0. The van der Waals surface area contributed by atoms with E-state index in [1.807, 2.05) is 6.07 Å². The monoisotopic (exact) mass is 624 g/mol. The largest absolute Gasteiger partial charge is 0.475 e. The van der Waals surface area contributed by atoms with Crippen LogP contribution in [0.3, 0.4) is 0 Å². The number of halogens is 2. The molecule has 0 amide bonds. The predicted molar refractivity (Wildman–Crippen MR) is 169 cm³/mol. The number of terminal acetylenes is 1. The van der Waals surface area contributed by atoms with E-state index in [0.29, 0.717) is 53.3 Å². The molecule has 2 unspecified atom stereocenters. The summed E-state index contributed by atoms with van der Waals surface area (Å²) in [6.07, 6.45) is 11.6. The molecule has 5 aliphatic rings. The molecule has 9 nitrogen and oxygen atoms in total. The zero-order valence-corrected chi connectivity index (χ0v) is 25.3. The first-order chi connectivity index (χ1) is 22.5. The van der Waals surface area contributed by atoms with Crippen molar-refractivity contribution in [3.63, 3.8) is 0 Å². The van der Waals surface area contributed by atoms with Gasteiger partial charge in [-0.05, 0) is 56.5 Å². The highest BCUT2D eigenvalue weighted by atomic mass is 19.1. The number of nitrogens with zero attached hydrogens (tertiary/aromatic N) is 5. The van der Waals surface area contributed by atoms with Crippen LogP contribution in [-0.4, -0.2) is 87.6 Å². The first-order valence-electron chi connectivity index (χ1n) is 16.2. The van der Waals surface area contributed by atoms with Crippen LogP contribution in [0.15, 0.2) is 30.3 Å². The first kappa shape index (κ1) is 28.1. The fraction of sp³-hybridized carbons (Fsp3) is 0.457. The smallest absolute Gasteiger partial charge is 0.319 e. The summed E-state index contributed by atoms with van der Waals surface area (Å²) < 4.78 is 44.8. The number of fused-ring (bicyclic) bond motifs is 7. The first-order valence-corrected chi connectivity index (χ1v) is 16.2. The van der Waals surface area contributed by atoms with Crippen molar-refractivity contribution in [1.29, 1.82) is 0 Å². The van der Waals surface area contributed by atoms with Gasteiger partial charge in [0.25, 0.3) is 0 Å². The summed E-state index contributed by atoms with van der Waals surface area (Å²) in [5.41, 5.74) is 0.225. The third kappa shape index (κ3) is 4.06. The minimum Gasteiger partial charge on any atom is -0.475 e. The number of benzene rings is 2. The maximum Gasteiger partial charge on any atom is 0.319 e. The van der Waals surface area contributed by atoms with E-state index < -0.39 is 11.6 Å². The van der Waals surface area contributed by atoms with E-state index in [1.54, 1.807) is 18.2 Å². The predicted octanol–water partition coefficient (Wildman–Crippen LogP) is 4.17. The molecule has 2 bridgehead atoms. The van der Waals surface area contributed by atoms with Crippen molar-refractivity contribution >= 4 is 27.5 Å². The second-order valence-corrected chi connectivity index (χ2v) is 13.4. The van der Waals surface area contributed by atoms with Crippen LogP contribution in [0.1, 0.15) is 44.1 Å². The minimum absolute atomic E-state index is 0.0209. The highest BCUT2D eigenvalue weighted by Gasteiger charge is 2.50. The van der Waals surface area contributed by atoms with Crippen molar-refractivity contribution in [3.8, 4) is 35.5 Å². The highest BCUT2D eigenvalue weighted by Crippen LogP contribution is 2.45. The van der Waals surface area contributed by atoms with Gasteiger partial charge in [-0.1, -0.05) is 30.2 Å². The summed E-state index contributed by atoms with van der Waals surface area (Å²) >= 11 is 0. The number of pyridine rings is 1. The van der Waals surface area contributed by atoms with Crippen molar-refractivity contribution in [3.05, 3.63) is 47.5 Å². The average Bonchev–Trinajstić information content (AvgIpc) is 3.74. The number of hydrogen-bond acceptors (Lipinski definition) is 9. The maximum absolute atomic E-state index is 17.0. The molecule has 0 spiro atoms. The van der Waals surface area contributed by atoms with E-state index >= 15 is 4.39 Å². The van der Waals surface area contributed by atoms with Gasteiger partial charge in [0.15, 0.2) is 5.82 Å². The summed E-state index contributed by atoms with van der Waals surface area (Å²) in [7, 11) is 0. The molecule has 7 heterocycles. The van der Waals surface area contributed by atoms with Gasteiger partial charge in [-0.3, -0.25) is 4.90 Å². The Bertz CT molecular complexity index is 1950. The average molecular weight is 625 g/mol. The molecular weight excluding hydrogens is 590 g/mol. The van der Waals surface area contributed by atoms with Gasteiger partial charge in [-0.15, -0.1) is 6.42 Å². The number of aromatic nitrogens is 3. The zero-order valence-electron chi connectivity index (χ0n) is 25.3. The minimum atomic E-state index is -0.672. The molecule has 0 saturated carbocycles. The molecule has 2 N–H and O–H groups in total. The molecular formula is C35H34F2N6O3. The molecule has 5 aliphatic heterocycles. The van der Waals surface area contributed by atoms with Crippen LogP contribution in [0.25, 0.3) is 32.9 Å². The SMILES string of the molecule is C#Cc1c(F)ccc2cccc(-c3nc4c5c(nc(OCC67CCCN6C(CO)CC7)nc5c3F)N3C[C@@H]5CC[C@@H](N5)[C@H]3CO4)c12. The molecule has 2 aromatic heterocycles. The number of aliphatic hydroxyl groups is 1. The molecule has 5 atom stereocenters. The summed E-state index contributed by atoms with van der Waals surface area (Å²) in [6, 6.07) is 8.90. The maximum atomic E-state index is 17.0. The molecule has 11 heteroatoms. The number of piperazine rings is 1. The van der Waals surface area contributed by atoms with E-state index in [4.69, 9.17) is 30.8 Å². The van der Waals surface area contributed by atoms with Crippen LogP contribution in [-0.2, 0) is 0 Å². The fourth-order valence-electron chi connectivity index (χ4n) is 8.86. The lowest BCUT2D eigenvalue weighted by atomic mass is 9.95. The molecule has 2 aromatic carbocycles. The number of ether oxygens (including phenoxy) is 2. The van der Waals surface area contributed by atoms with E-state index in [0.717, 1.165) is 45.1 Å². The topological polar surface area (TPSA) is 95.9 Å². The van der Waals surface area contributed by atoms with Gasteiger partial charge in [0, 0.05) is 35.6 Å². The number of anilines is 1. The van der Waals surface area contributed by atoms with E-state index in [2.05, 4.69) is 21.0 Å². The van der Waals surface area contributed by atoms with Gasteiger partial charge in [-0.2, -0.15) is 9.97 Å². The molecule has 0 radical (unpaired) electrons. The van der Waals surface area contributed by atoms with Crippen LogP contribution in [0, 0.1) is 24.0 Å². The molecule has 236 valence electrons. The van der Waals surface area contributed by atoms with Gasteiger partial charge in [-0.25, -0.2) is 13.8 Å². The Morgan fingerprint density at radius 2 is 2.02 bits per heavy atom. The lowest BCUT2D eigenvalue weighted by molar-refractivity contribution is 0.0644. The molecule has 4 saturated heterocycles. The number of nitrogens with one attached hydrogen (secondary N) is 1. The molecule has 0 aliphatic carbocycles. The summed E-state index contributed by atoms with van der Waals surface area (Å²) in [5, 5.41) is 15.2. The lowest BCUT2D eigenvalue weighted by Crippen LogP contribution is -2.60. The Morgan fingerprint density at radius 1 is 1.11 bits per heavy atom. The Labute approximate surface area is 264 Å². The molecule has 9 rings (SSSR count). The quantitative estimate of drug-likeness (QED) is 0.317. The van der Waals surface area contributed by atoms with Gasteiger partial charge >= 0.3 is 6.01 Å². The second kappa shape index (κ2) is 10.5. The van der Waals surface area contributed by atoms with E-state index in [9.17, 15) is 9.50 Å². The number of rotatable bonds is 5. The summed E-state index contributed by atoms with van der Waals surface area (Å²) in [5.74, 6) is 2.01. The van der Waals surface area contributed by atoms with Crippen LogP contribution in [0.5, 0.6) is 11.9 Å². The fourth-order valence-corrected chi connectivity index (χ4v) is 8.86. The highest BCUT2D eigenvalue weighted by molar-refractivity contribution is 6.03. The standard InChI is InChI=1S/C35H34F2N6O3/c1-2-22-24(36)9-7-19-5-3-6-23(27(19)22)30-29(37)31-28-32(42-15-20-8-10-25(38-20)26(42)17-45-33(28)39-30)41-34(40-31)46-18-35-12-4-14-43(35)21(16-44)11-13-35/h1,3,5-7,9,20-21,25-26,38,44H,4,8,10-18H2/t20-,21?,25+,26+,35?/m0/s1. The lowest BCUT2D eigenvalue weighted by Gasteiger charge is -2.40. The molecule has 46 heavy (non-hydrogen) atoms. The van der Waals surface area contributed by atoms with Gasteiger partial charge in [0.05, 0.1) is 23.8 Å².